The molecule has 2 fully saturated rings. The molecule has 3 aromatic rings. The van der Waals surface area contributed by atoms with Crippen molar-refractivity contribution >= 4 is 40.0 Å². The van der Waals surface area contributed by atoms with Gasteiger partial charge in [0.2, 0.25) is 5.91 Å². The zero-order chi connectivity index (χ0) is 30.3. The van der Waals surface area contributed by atoms with Gasteiger partial charge < -0.3 is 25.2 Å². The van der Waals surface area contributed by atoms with E-state index in [4.69, 9.17) is 27.1 Å². The molecule has 4 heterocycles. The summed E-state index contributed by atoms with van der Waals surface area (Å²) < 4.78 is 48.6. The summed E-state index contributed by atoms with van der Waals surface area (Å²) in [5.74, 6) is 0.312. The van der Waals surface area contributed by atoms with Crippen LogP contribution < -0.4 is 15.4 Å². The highest BCUT2D eigenvalue weighted by Crippen LogP contribution is 2.43. The molecule has 5 rings (SSSR count). The van der Waals surface area contributed by atoms with Crippen LogP contribution in [-0.2, 0) is 11.0 Å². The number of hydrogen-bond acceptors (Lipinski definition) is 8. The van der Waals surface area contributed by atoms with E-state index in [-0.39, 0.29) is 51.7 Å². The number of carbonyl (C=O) groups excluding carboxylic acids is 1. The number of pyridine rings is 1. The SMILES string of the molecule is C=CC(=O)N1CCN(c2nc(OC[C@@H]3CCCN3C)nc3cc(-c4nc(N)cc(C)c4C(F)(F)F)c(Cl)cc23)[C@@H](C)C1. The number of alkyl halides is 3. The van der Waals surface area contributed by atoms with Crippen LogP contribution in [0.25, 0.3) is 22.2 Å². The maximum absolute atomic E-state index is 14.2. The summed E-state index contributed by atoms with van der Waals surface area (Å²) in [7, 11) is 2.03. The number of ether oxygens (including phenoxy) is 1. The molecule has 2 saturated heterocycles. The van der Waals surface area contributed by atoms with E-state index in [2.05, 4.69) is 21.4 Å². The van der Waals surface area contributed by atoms with E-state index < -0.39 is 11.7 Å². The number of nitrogens with zero attached hydrogens (tertiary/aromatic N) is 6. The number of piperazine rings is 1. The lowest BCUT2D eigenvalue weighted by Crippen LogP contribution is -2.53. The first-order valence-electron chi connectivity index (χ1n) is 13.7. The van der Waals surface area contributed by atoms with Crippen LogP contribution in [0.15, 0.2) is 30.9 Å². The quantitative estimate of drug-likeness (QED) is 0.395. The average Bonchev–Trinajstić information content (AvgIpc) is 3.34. The molecule has 0 aliphatic carbocycles. The fraction of sp³-hybridized carbons (Fsp3) is 0.448. The molecule has 0 unspecified atom stereocenters. The third-order valence-electron chi connectivity index (χ3n) is 7.98. The Kier molecular flexibility index (Phi) is 8.21. The predicted molar refractivity (Wildman–Crippen MR) is 157 cm³/mol. The summed E-state index contributed by atoms with van der Waals surface area (Å²) in [5, 5.41) is 0.586. The third-order valence-corrected chi connectivity index (χ3v) is 8.29. The number of aryl methyl sites for hydroxylation is 1. The van der Waals surface area contributed by atoms with E-state index in [0.29, 0.717) is 43.0 Å². The van der Waals surface area contributed by atoms with E-state index in [1.165, 1.54) is 25.1 Å². The van der Waals surface area contributed by atoms with Gasteiger partial charge in [0.15, 0.2) is 0 Å². The Balaban J connectivity index is 1.63. The van der Waals surface area contributed by atoms with Crippen molar-refractivity contribution in [3.63, 3.8) is 0 Å². The summed E-state index contributed by atoms with van der Waals surface area (Å²) in [5.41, 5.74) is 4.93. The number of amides is 1. The maximum Gasteiger partial charge on any atom is 0.418 e. The van der Waals surface area contributed by atoms with E-state index in [1.807, 2.05) is 18.9 Å². The van der Waals surface area contributed by atoms with Gasteiger partial charge in [0.1, 0.15) is 18.2 Å². The van der Waals surface area contributed by atoms with Crippen molar-refractivity contribution < 1.29 is 22.7 Å². The number of halogens is 4. The molecule has 0 saturated carbocycles. The number of anilines is 2. The molecule has 2 aliphatic rings. The summed E-state index contributed by atoms with van der Waals surface area (Å²) in [4.78, 5) is 31.6. The van der Waals surface area contributed by atoms with Gasteiger partial charge in [-0.15, -0.1) is 0 Å². The molecule has 2 aliphatic heterocycles. The van der Waals surface area contributed by atoms with Crippen molar-refractivity contribution in [2.75, 3.05) is 50.5 Å². The molecule has 0 radical (unpaired) electrons. The van der Waals surface area contributed by atoms with Crippen LogP contribution in [0, 0.1) is 6.92 Å². The van der Waals surface area contributed by atoms with Crippen LogP contribution in [-0.4, -0.2) is 82.6 Å². The Morgan fingerprint density at radius 2 is 1.98 bits per heavy atom. The van der Waals surface area contributed by atoms with Gasteiger partial charge in [-0.05, 0) is 70.1 Å². The number of hydrogen-bond donors (Lipinski definition) is 1. The number of benzene rings is 1. The minimum Gasteiger partial charge on any atom is -0.462 e. The lowest BCUT2D eigenvalue weighted by atomic mass is 9.99. The van der Waals surface area contributed by atoms with Gasteiger partial charge in [-0.3, -0.25) is 4.79 Å². The second-order valence-electron chi connectivity index (χ2n) is 10.9. The summed E-state index contributed by atoms with van der Waals surface area (Å²) in [6, 6.07) is 4.40. The second kappa shape index (κ2) is 11.6. The van der Waals surface area contributed by atoms with E-state index >= 15 is 0 Å². The molecule has 0 bridgehead atoms. The Labute approximate surface area is 247 Å². The smallest absolute Gasteiger partial charge is 0.418 e. The van der Waals surface area contributed by atoms with Crippen LogP contribution in [0.4, 0.5) is 24.8 Å². The Bertz CT molecular complexity index is 1530. The first-order chi connectivity index (χ1) is 19.9. The van der Waals surface area contributed by atoms with E-state index in [0.717, 1.165) is 19.4 Å². The van der Waals surface area contributed by atoms with Crippen LogP contribution >= 0.6 is 11.6 Å². The molecular weight excluding hydrogens is 571 g/mol. The normalized spacial score (nSPS) is 19.9. The molecule has 2 N–H and O–H groups in total. The number of likely N-dealkylation sites (tertiary alicyclic amines) is 1. The monoisotopic (exact) mass is 603 g/mol. The van der Waals surface area contributed by atoms with Gasteiger partial charge >= 0.3 is 12.2 Å². The van der Waals surface area contributed by atoms with Crippen LogP contribution in [0.2, 0.25) is 5.02 Å². The van der Waals surface area contributed by atoms with Gasteiger partial charge in [0.25, 0.3) is 0 Å². The Morgan fingerprint density at radius 3 is 2.62 bits per heavy atom. The minimum atomic E-state index is -4.69. The average molecular weight is 604 g/mol. The predicted octanol–water partition coefficient (Wildman–Crippen LogP) is 4.95. The first-order valence-corrected chi connectivity index (χ1v) is 14.1. The minimum absolute atomic E-state index is 0.0460. The van der Waals surface area contributed by atoms with Crippen molar-refractivity contribution in [1.82, 2.24) is 24.8 Å². The largest absolute Gasteiger partial charge is 0.462 e. The highest BCUT2D eigenvalue weighted by molar-refractivity contribution is 6.34. The number of nitrogens with two attached hydrogens (primary N) is 1. The number of nitrogen functional groups attached to an aromatic ring is 1. The summed E-state index contributed by atoms with van der Waals surface area (Å²) in [6.07, 6.45) is -1.35. The fourth-order valence-electron chi connectivity index (χ4n) is 5.79. The number of rotatable bonds is 6. The number of likely N-dealkylation sites (N-methyl/N-ethyl adjacent to an activating group) is 1. The molecule has 1 amide bonds. The van der Waals surface area contributed by atoms with E-state index in [1.54, 1.807) is 11.0 Å². The summed E-state index contributed by atoms with van der Waals surface area (Å²) in [6.45, 7) is 9.57. The van der Waals surface area contributed by atoms with Gasteiger partial charge in [-0.2, -0.15) is 23.1 Å². The molecular formula is C29H33ClF3N7O2. The lowest BCUT2D eigenvalue weighted by molar-refractivity contribution is -0.137. The molecule has 1 aromatic carbocycles. The van der Waals surface area contributed by atoms with Gasteiger partial charge in [0, 0.05) is 42.7 Å². The van der Waals surface area contributed by atoms with E-state index in [9.17, 15) is 18.0 Å². The van der Waals surface area contributed by atoms with Crippen molar-refractivity contribution in [3.8, 4) is 17.3 Å². The first kappa shape index (κ1) is 29.8. The highest BCUT2D eigenvalue weighted by Gasteiger charge is 2.37. The van der Waals surface area contributed by atoms with Crippen molar-refractivity contribution in [2.24, 2.45) is 0 Å². The molecule has 42 heavy (non-hydrogen) atoms. The van der Waals surface area contributed by atoms with Gasteiger partial charge in [-0.25, -0.2) is 4.98 Å². The molecule has 0 spiro atoms. The zero-order valence-electron chi connectivity index (χ0n) is 23.7. The topological polar surface area (TPSA) is 101 Å². The summed E-state index contributed by atoms with van der Waals surface area (Å²) >= 11 is 6.68. The highest BCUT2D eigenvalue weighted by atomic mass is 35.5. The van der Waals surface area contributed by atoms with Crippen LogP contribution in [0.5, 0.6) is 6.01 Å². The second-order valence-corrected chi connectivity index (χ2v) is 11.3. The number of carbonyl (C=O) groups is 1. The molecule has 9 nitrogen and oxygen atoms in total. The molecule has 13 heteroatoms. The zero-order valence-corrected chi connectivity index (χ0v) is 24.5. The molecule has 224 valence electrons. The van der Waals surface area contributed by atoms with Crippen LogP contribution in [0.1, 0.15) is 30.9 Å². The van der Waals surface area contributed by atoms with Crippen LogP contribution in [0.3, 0.4) is 0 Å². The van der Waals surface area contributed by atoms with Gasteiger partial charge in [-0.1, -0.05) is 18.2 Å². The van der Waals surface area contributed by atoms with Crippen molar-refractivity contribution in [1.29, 1.82) is 0 Å². The Hall–Kier alpha value is -3.64. The van der Waals surface area contributed by atoms with Crippen molar-refractivity contribution in [2.45, 2.75) is 44.9 Å². The molecule has 2 aromatic heterocycles. The third kappa shape index (κ3) is 5.82. The van der Waals surface area contributed by atoms with Gasteiger partial charge in [0.05, 0.1) is 21.8 Å². The maximum atomic E-state index is 14.2. The molecule has 2 atom stereocenters. The standard InChI is InChI=1S/C29H33ClF3N7O2/c1-5-24(41)39-9-10-40(17(3)14-39)27-20-12-21(30)19(26-25(29(31,32)33)16(2)11-23(34)36-26)13-22(20)35-28(37-27)42-15-18-7-6-8-38(18)4/h5,11-13,17-18H,1,6-10,14-15H2,2-4H3,(H2,34,36)/t17-,18-/m0/s1. The van der Waals surface area contributed by atoms with Crippen molar-refractivity contribution in [3.05, 3.63) is 47.0 Å². The number of aromatic nitrogens is 3. The number of fused-ring (bicyclic) bond motifs is 1. The Morgan fingerprint density at radius 1 is 1.21 bits per heavy atom. The lowest BCUT2D eigenvalue weighted by Gasteiger charge is -2.40. The fourth-order valence-corrected chi connectivity index (χ4v) is 6.04.